The molecular formula is C19H17ClN2O3. The van der Waals surface area contributed by atoms with Crippen molar-refractivity contribution in [2.24, 2.45) is 0 Å². The number of benzene rings is 2. The predicted molar refractivity (Wildman–Crippen MR) is 96.8 cm³/mol. The second-order valence-corrected chi connectivity index (χ2v) is 5.95. The highest BCUT2D eigenvalue weighted by Crippen LogP contribution is 2.32. The second-order valence-electron chi connectivity index (χ2n) is 5.51. The van der Waals surface area contributed by atoms with Gasteiger partial charge in [0.1, 0.15) is 5.69 Å². The molecule has 0 radical (unpaired) electrons. The van der Waals surface area contributed by atoms with Crippen LogP contribution in [-0.2, 0) is 4.74 Å². The standard InChI is InChI=1S/C19H17ClN2O3/c1-12(13-6-4-3-5-7-13)21-18-16(19(23)24-2)17(22-25-18)14-8-10-15(20)11-9-14/h3-12,21H,1-2H3/t12-/m1/s1. The molecule has 128 valence electrons. The van der Waals surface area contributed by atoms with Crippen molar-refractivity contribution < 1.29 is 14.1 Å². The van der Waals surface area contributed by atoms with E-state index in [1.54, 1.807) is 24.3 Å². The zero-order valence-electron chi connectivity index (χ0n) is 13.8. The fourth-order valence-electron chi connectivity index (χ4n) is 2.51. The minimum absolute atomic E-state index is 0.0735. The summed E-state index contributed by atoms with van der Waals surface area (Å²) < 4.78 is 10.3. The molecule has 1 N–H and O–H groups in total. The van der Waals surface area contributed by atoms with Gasteiger partial charge in [-0.05, 0) is 24.6 Å². The fraction of sp³-hybridized carbons (Fsp3) is 0.158. The van der Waals surface area contributed by atoms with E-state index in [-0.39, 0.29) is 17.5 Å². The first-order chi connectivity index (χ1) is 12.1. The summed E-state index contributed by atoms with van der Waals surface area (Å²) in [6.07, 6.45) is 0. The molecule has 0 fully saturated rings. The van der Waals surface area contributed by atoms with Gasteiger partial charge in [0.05, 0.1) is 13.2 Å². The molecule has 0 aliphatic rings. The Hall–Kier alpha value is -2.79. The van der Waals surface area contributed by atoms with Crippen LogP contribution in [0.15, 0.2) is 59.1 Å². The number of ether oxygens (including phenoxy) is 1. The lowest BCUT2D eigenvalue weighted by molar-refractivity contribution is 0.0602. The van der Waals surface area contributed by atoms with Gasteiger partial charge in [-0.25, -0.2) is 4.79 Å². The van der Waals surface area contributed by atoms with Crippen LogP contribution in [0.1, 0.15) is 28.9 Å². The summed E-state index contributed by atoms with van der Waals surface area (Å²) in [7, 11) is 1.32. The van der Waals surface area contributed by atoms with Crippen molar-refractivity contribution >= 4 is 23.5 Å². The summed E-state index contributed by atoms with van der Waals surface area (Å²) in [4.78, 5) is 12.3. The molecule has 0 saturated heterocycles. The van der Waals surface area contributed by atoms with E-state index in [2.05, 4.69) is 10.5 Å². The van der Waals surface area contributed by atoms with Crippen molar-refractivity contribution in [3.05, 3.63) is 70.7 Å². The number of hydrogen-bond acceptors (Lipinski definition) is 5. The Labute approximate surface area is 150 Å². The molecule has 0 spiro atoms. The first kappa shape index (κ1) is 17.0. The van der Waals surface area contributed by atoms with Gasteiger partial charge in [-0.2, -0.15) is 0 Å². The largest absolute Gasteiger partial charge is 0.465 e. The maximum absolute atomic E-state index is 12.3. The summed E-state index contributed by atoms with van der Waals surface area (Å²) in [5.41, 5.74) is 2.44. The Morgan fingerprint density at radius 1 is 1.16 bits per heavy atom. The molecule has 0 aliphatic heterocycles. The monoisotopic (exact) mass is 356 g/mol. The van der Waals surface area contributed by atoms with Crippen molar-refractivity contribution in [2.45, 2.75) is 13.0 Å². The van der Waals surface area contributed by atoms with E-state index in [1.165, 1.54) is 7.11 Å². The van der Waals surface area contributed by atoms with Crippen LogP contribution in [0.3, 0.4) is 0 Å². The molecule has 2 aromatic carbocycles. The molecule has 6 heteroatoms. The number of nitrogens with one attached hydrogen (secondary N) is 1. The van der Waals surface area contributed by atoms with E-state index in [0.717, 1.165) is 5.56 Å². The number of esters is 1. The molecule has 0 bridgehead atoms. The first-order valence-electron chi connectivity index (χ1n) is 7.75. The normalized spacial score (nSPS) is 11.8. The fourth-order valence-corrected chi connectivity index (χ4v) is 2.63. The van der Waals surface area contributed by atoms with Crippen LogP contribution >= 0.6 is 11.6 Å². The van der Waals surface area contributed by atoms with Gasteiger partial charge >= 0.3 is 5.97 Å². The Morgan fingerprint density at radius 3 is 2.48 bits per heavy atom. The maximum atomic E-state index is 12.3. The molecule has 3 aromatic rings. The summed E-state index contributed by atoms with van der Waals surface area (Å²) in [6, 6.07) is 16.8. The number of rotatable bonds is 5. The zero-order chi connectivity index (χ0) is 17.8. The molecule has 5 nitrogen and oxygen atoms in total. The van der Waals surface area contributed by atoms with E-state index in [9.17, 15) is 4.79 Å². The van der Waals surface area contributed by atoms with Crippen molar-refractivity contribution in [1.82, 2.24) is 5.16 Å². The lowest BCUT2D eigenvalue weighted by atomic mass is 10.1. The number of carbonyl (C=O) groups is 1. The van der Waals surface area contributed by atoms with Crippen LogP contribution in [0.25, 0.3) is 11.3 Å². The van der Waals surface area contributed by atoms with Gasteiger partial charge in [-0.1, -0.05) is 59.2 Å². The van der Waals surface area contributed by atoms with Gasteiger partial charge < -0.3 is 14.6 Å². The second kappa shape index (κ2) is 7.40. The van der Waals surface area contributed by atoms with Gasteiger partial charge in [0.2, 0.25) is 5.88 Å². The minimum atomic E-state index is -0.519. The predicted octanol–water partition coefficient (Wildman–Crippen LogP) is 4.95. The Kier molecular flexibility index (Phi) is 5.05. The molecule has 0 unspecified atom stereocenters. The molecule has 1 atom stereocenters. The van der Waals surface area contributed by atoms with Gasteiger partial charge in [0.25, 0.3) is 0 Å². The SMILES string of the molecule is COC(=O)c1c(-c2ccc(Cl)cc2)noc1N[C@H](C)c1ccccc1. The number of hydrogen-bond donors (Lipinski definition) is 1. The summed E-state index contributed by atoms with van der Waals surface area (Å²) in [5.74, 6) is -0.248. The average molecular weight is 357 g/mol. The number of halogens is 1. The third-order valence-corrected chi connectivity index (χ3v) is 4.10. The number of nitrogens with zero attached hydrogens (tertiary/aromatic N) is 1. The number of carbonyl (C=O) groups excluding carboxylic acids is 1. The molecule has 0 amide bonds. The van der Waals surface area contributed by atoms with Gasteiger partial charge in [0, 0.05) is 10.6 Å². The molecule has 3 rings (SSSR count). The third-order valence-electron chi connectivity index (χ3n) is 3.85. The van der Waals surface area contributed by atoms with Crippen molar-refractivity contribution in [3.63, 3.8) is 0 Å². The van der Waals surface area contributed by atoms with Crippen LogP contribution in [0.2, 0.25) is 5.02 Å². The minimum Gasteiger partial charge on any atom is -0.465 e. The van der Waals surface area contributed by atoms with Crippen LogP contribution < -0.4 is 5.32 Å². The van der Waals surface area contributed by atoms with Crippen LogP contribution in [0.5, 0.6) is 0 Å². The maximum Gasteiger partial charge on any atom is 0.345 e. The Morgan fingerprint density at radius 2 is 1.84 bits per heavy atom. The smallest absolute Gasteiger partial charge is 0.345 e. The third kappa shape index (κ3) is 3.67. The number of anilines is 1. The summed E-state index contributed by atoms with van der Waals surface area (Å²) >= 11 is 5.92. The number of aromatic nitrogens is 1. The lowest BCUT2D eigenvalue weighted by Gasteiger charge is -2.13. The van der Waals surface area contributed by atoms with Gasteiger partial charge in [0.15, 0.2) is 5.56 Å². The van der Waals surface area contributed by atoms with Crippen molar-refractivity contribution in [3.8, 4) is 11.3 Å². The molecule has 1 heterocycles. The van der Waals surface area contributed by atoms with Crippen LogP contribution in [0.4, 0.5) is 5.88 Å². The Balaban J connectivity index is 1.97. The molecule has 0 aliphatic carbocycles. The lowest BCUT2D eigenvalue weighted by Crippen LogP contribution is -2.10. The van der Waals surface area contributed by atoms with Crippen molar-refractivity contribution in [1.29, 1.82) is 0 Å². The molecule has 25 heavy (non-hydrogen) atoms. The molecule has 1 aromatic heterocycles. The molecular weight excluding hydrogens is 340 g/mol. The van der Waals surface area contributed by atoms with E-state index in [4.69, 9.17) is 20.9 Å². The van der Waals surface area contributed by atoms with Gasteiger partial charge in [-0.15, -0.1) is 0 Å². The number of methoxy groups -OCH3 is 1. The van der Waals surface area contributed by atoms with E-state index >= 15 is 0 Å². The van der Waals surface area contributed by atoms with Crippen LogP contribution in [0, 0.1) is 0 Å². The zero-order valence-corrected chi connectivity index (χ0v) is 14.6. The highest BCUT2D eigenvalue weighted by molar-refractivity contribution is 6.30. The topological polar surface area (TPSA) is 64.4 Å². The summed E-state index contributed by atoms with van der Waals surface area (Å²) in [5, 5.41) is 7.84. The Bertz CT molecular complexity index is 860. The van der Waals surface area contributed by atoms with Crippen LogP contribution in [-0.4, -0.2) is 18.2 Å². The molecule has 0 saturated carbocycles. The quantitative estimate of drug-likeness (QED) is 0.655. The van der Waals surface area contributed by atoms with Crippen molar-refractivity contribution in [2.75, 3.05) is 12.4 Å². The first-order valence-corrected chi connectivity index (χ1v) is 8.13. The van der Waals surface area contributed by atoms with E-state index in [0.29, 0.717) is 16.3 Å². The highest BCUT2D eigenvalue weighted by Gasteiger charge is 2.26. The van der Waals surface area contributed by atoms with Gasteiger partial charge in [-0.3, -0.25) is 0 Å². The average Bonchev–Trinajstić information content (AvgIpc) is 3.06. The summed E-state index contributed by atoms with van der Waals surface area (Å²) in [6.45, 7) is 1.97. The highest BCUT2D eigenvalue weighted by atomic mass is 35.5. The van der Waals surface area contributed by atoms with E-state index in [1.807, 2.05) is 37.3 Å². The van der Waals surface area contributed by atoms with E-state index < -0.39 is 5.97 Å².